The monoisotopic (exact) mass is 975 g/mol. The summed E-state index contributed by atoms with van der Waals surface area (Å²) >= 11 is 12.0. The summed E-state index contributed by atoms with van der Waals surface area (Å²) in [4.78, 5) is 88.2. The van der Waals surface area contributed by atoms with Crippen molar-refractivity contribution >= 4 is 82.8 Å². The van der Waals surface area contributed by atoms with Crippen LogP contribution in [0.4, 0.5) is 21.0 Å². The molecule has 4 bridgehead atoms. The van der Waals surface area contributed by atoms with Crippen molar-refractivity contribution in [2.24, 2.45) is 47.3 Å². The third-order valence-electron chi connectivity index (χ3n) is 14.2. The number of anilines is 2. The van der Waals surface area contributed by atoms with Gasteiger partial charge in [-0.05, 0) is 112 Å². The minimum atomic E-state index is -0.992. The summed E-state index contributed by atoms with van der Waals surface area (Å²) in [6.07, 6.45) is 0.239. The van der Waals surface area contributed by atoms with Gasteiger partial charge < -0.3 is 29.6 Å². The van der Waals surface area contributed by atoms with Gasteiger partial charge in [0.1, 0.15) is 12.2 Å². The van der Waals surface area contributed by atoms with E-state index in [1.54, 1.807) is 48.5 Å². The van der Waals surface area contributed by atoms with Crippen molar-refractivity contribution in [3.05, 3.63) is 58.6 Å². The van der Waals surface area contributed by atoms with Crippen molar-refractivity contribution < 1.29 is 47.7 Å². The highest BCUT2D eigenvalue weighted by Gasteiger charge is 2.62. The molecule has 10 atom stereocenters. The predicted molar refractivity (Wildman–Crippen MR) is 247 cm³/mol. The maximum atomic E-state index is 14.6. The van der Waals surface area contributed by atoms with Gasteiger partial charge in [0.05, 0.1) is 50.1 Å². The smallest absolute Gasteiger partial charge is 0.411 e. The average Bonchev–Trinajstić information content (AvgIpc) is 4.09. The van der Waals surface area contributed by atoms with Gasteiger partial charge >= 0.3 is 12.2 Å². The molecule has 66 heavy (non-hydrogen) atoms. The van der Waals surface area contributed by atoms with Gasteiger partial charge in [-0.3, -0.25) is 44.9 Å². The van der Waals surface area contributed by atoms with Gasteiger partial charge in [-0.25, -0.2) is 9.59 Å². The molecule has 6 amide bonds. The molecule has 2 aliphatic heterocycles. The number of fused-ring (bicyclic) bond motifs is 4. The number of hydrogen-bond acceptors (Lipinski definition) is 12. The zero-order chi connectivity index (χ0) is 45.5. The fourth-order valence-electron chi connectivity index (χ4n) is 11.2. The van der Waals surface area contributed by atoms with E-state index in [1.165, 1.54) is 0 Å². The summed E-state index contributed by atoms with van der Waals surface area (Å²) in [5, 5.41) is 15.2. The molecule has 2 aromatic rings. The van der Waals surface area contributed by atoms with Gasteiger partial charge in [-0.1, -0.05) is 23.2 Å². The van der Waals surface area contributed by atoms with Crippen LogP contribution in [0.5, 0.6) is 0 Å². The lowest BCUT2D eigenvalue weighted by Gasteiger charge is -2.36. The largest absolute Gasteiger partial charge is 0.446 e. The third-order valence-corrected chi connectivity index (χ3v) is 14.7. The Morgan fingerprint density at radius 3 is 1.30 bits per heavy atom. The maximum Gasteiger partial charge on any atom is 0.411 e. The summed E-state index contributed by atoms with van der Waals surface area (Å²) in [6.45, 7) is 8.38. The van der Waals surface area contributed by atoms with Gasteiger partial charge in [0.2, 0.25) is 23.6 Å². The molecule has 6 aliphatic rings. The Balaban J connectivity index is 0.00000648. The number of amides is 6. The second-order valence-corrected chi connectivity index (χ2v) is 19.0. The number of halogens is 3. The first kappa shape index (κ1) is 49.7. The summed E-state index contributed by atoms with van der Waals surface area (Å²) in [5.74, 6) is -7.08. The first-order valence-electron chi connectivity index (χ1n) is 23.0. The van der Waals surface area contributed by atoms with E-state index in [2.05, 4.69) is 36.4 Å². The zero-order valence-electron chi connectivity index (χ0n) is 36.8. The number of carbonyl (C=O) groups excluding carboxylic acids is 6. The second-order valence-electron chi connectivity index (χ2n) is 18.1. The zero-order valence-corrected chi connectivity index (χ0v) is 39.1. The molecule has 4 aliphatic carbocycles. The van der Waals surface area contributed by atoms with E-state index >= 15 is 0 Å². The van der Waals surface area contributed by atoms with Crippen LogP contribution in [0.15, 0.2) is 48.5 Å². The summed E-state index contributed by atoms with van der Waals surface area (Å²) < 4.78 is 22.7. The van der Waals surface area contributed by atoms with E-state index in [-0.39, 0.29) is 36.1 Å². The molecule has 2 saturated heterocycles. The van der Waals surface area contributed by atoms with Crippen LogP contribution in [-0.4, -0.2) is 137 Å². The molecule has 360 valence electrons. The quantitative estimate of drug-likeness (QED) is 0.114. The van der Waals surface area contributed by atoms with Crippen LogP contribution in [0.25, 0.3) is 0 Å². The Hall–Kier alpha value is -4.23. The van der Waals surface area contributed by atoms with Crippen molar-refractivity contribution in [1.82, 2.24) is 25.8 Å². The number of benzene rings is 2. The molecule has 0 radical (unpaired) electrons. The first-order chi connectivity index (χ1) is 31.5. The van der Waals surface area contributed by atoms with Crippen LogP contribution in [0.2, 0.25) is 10.0 Å². The Labute approximate surface area is 400 Å². The van der Waals surface area contributed by atoms with Crippen LogP contribution in [0.1, 0.15) is 38.5 Å². The second kappa shape index (κ2) is 23.2. The molecule has 2 heterocycles. The van der Waals surface area contributed by atoms with Gasteiger partial charge in [-0.2, -0.15) is 0 Å². The molecule has 8 rings (SSSR count). The third kappa shape index (κ3) is 12.3. The Morgan fingerprint density at radius 1 is 0.545 bits per heavy atom. The van der Waals surface area contributed by atoms with Gasteiger partial charge in [-0.15, -0.1) is 12.4 Å². The van der Waals surface area contributed by atoms with Crippen molar-refractivity contribution in [3.8, 4) is 0 Å². The standard InChI is InChI=1S/C46H59Cl2N7O10.ClH/c47-29-3-7-31(8-4-29)51-45(60)64-35-25-27-23-33(35)39(37(27)41(56)49-11-1-13-54-15-19-62-20-16-54)43(58)53-44(59)40-34-24-28(26-36(34)65-46(61)52-32-9-5-30(48)6-10-32)38(40)42(57)50-12-2-14-55-17-21-63-22-18-55;/h3-10,27-28,33-40H,1-2,11-26H2,(H,49,56)(H,50,57)(H,51,60)(H,52,61)(H,53,58,59);1H. The Morgan fingerprint density at radius 2 is 0.924 bits per heavy atom. The Bertz CT molecular complexity index is 1880. The van der Waals surface area contributed by atoms with Crippen molar-refractivity contribution in [2.45, 2.75) is 50.7 Å². The van der Waals surface area contributed by atoms with Gasteiger partial charge in [0.15, 0.2) is 0 Å². The molecule has 2 aromatic carbocycles. The molecular formula is C46H60Cl3N7O10. The number of nitrogens with one attached hydrogen (secondary N) is 5. The van der Waals surface area contributed by atoms with Crippen molar-refractivity contribution in [1.29, 1.82) is 0 Å². The number of hydrogen-bond donors (Lipinski definition) is 5. The minimum absolute atomic E-state index is 0. The van der Waals surface area contributed by atoms with E-state index in [1.807, 2.05) is 0 Å². The molecule has 4 saturated carbocycles. The minimum Gasteiger partial charge on any atom is -0.446 e. The average molecular weight is 977 g/mol. The highest BCUT2D eigenvalue weighted by Crippen LogP contribution is 2.55. The number of carbonyl (C=O) groups is 6. The van der Waals surface area contributed by atoms with E-state index in [0.29, 0.717) is 99.5 Å². The Kier molecular flexibility index (Phi) is 17.4. The van der Waals surface area contributed by atoms with Gasteiger partial charge in [0, 0.05) is 72.5 Å². The van der Waals surface area contributed by atoms with Crippen LogP contribution >= 0.6 is 35.6 Å². The van der Waals surface area contributed by atoms with Crippen LogP contribution in [-0.2, 0) is 38.1 Å². The molecule has 17 nitrogen and oxygen atoms in total. The van der Waals surface area contributed by atoms with E-state index in [9.17, 15) is 28.8 Å². The lowest BCUT2D eigenvalue weighted by atomic mass is 9.75. The summed E-state index contributed by atoms with van der Waals surface area (Å²) in [5.41, 5.74) is 0.950. The lowest BCUT2D eigenvalue weighted by molar-refractivity contribution is -0.147. The number of ether oxygens (including phenoxy) is 4. The molecule has 0 aromatic heterocycles. The summed E-state index contributed by atoms with van der Waals surface area (Å²) in [7, 11) is 0. The molecule has 20 heteroatoms. The van der Waals surface area contributed by atoms with Crippen molar-refractivity contribution in [2.75, 3.05) is 89.4 Å². The lowest BCUT2D eigenvalue weighted by Crippen LogP contribution is -2.54. The molecule has 0 spiro atoms. The van der Waals surface area contributed by atoms with Crippen LogP contribution in [0.3, 0.4) is 0 Å². The number of rotatable bonds is 16. The normalized spacial score (nSPS) is 29.0. The highest BCUT2D eigenvalue weighted by molar-refractivity contribution is 6.31. The van der Waals surface area contributed by atoms with Gasteiger partial charge in [0.25, 0.3) is 0 Å². The SMILES string of the molecule is Cl.O=C(Nc1ccc(Cl)cc1)OC1CC2CC1C(C(=O)NC(=O)C1C3CC(CC3OC(=O)Nc3ccc(Cl)cc3)C1C(=O)NCCCN1CCOCC1)C2C(=O)NCCCN1CCOCC1. The van der Waals surface area contributed by atoms with E-state index in [0.717, 1.165) is 39.3 Å². The number of imide groups is 1. The molecular weight excluding hydrogens is 917 g/mol. The molecule has 10 unspecified atom stereocenters. The van der Waals surface area contributed by atoms with E-state index in [4.69, 9.17) is 42.1 Å². The number of nitrogens with zero attached hydrogens (tertiary/aromatic N) is 2. The molecule has 5 N–H and O–H groups in total. The fraction of sp³-hybridized carbons (Fsp3) is 0.609. The van der Waals surface area contributed by atoms with Crippen LogP contribution < -0.4 is 26.6 Å². The topological polar surface area (TPSA) is 206 Å². The van der Waals surface area contributed by atoms with Crippen molar-refractivity contribution in [3.63, 3.8) is 0 Å². The maximum absolute atomic E-state index is 14.6. The first-order valence-corrected chi connectivity index (χ1v) is 23.7. The number of morpholine rings is 2. The highest BCUT2D eigenvalue weighted by atomic mass is 35.5. The molecule has 6 fully saturated rings. The summed E-state index contributed by atoms with van der Waals surface area (Å²) in [6, 6.07) is 13.1. The van der Waals surface area contributed by atoms with E-state index < -0.39 is 71.7 Å². The fourth-order valence-corrected chi connectivity index (χ4v) is 11.4. The predicted octanol–water partition coefficient (Wildman–Crippen LogP) is 4.81. The van der Waals surface area contributed by atoms with Crippen LogP contribution in [0, 0.1) is 47.3 Å².